The summed E-state index contributed by atoms with van der Waals surface area (Å²) in [6, 6.07) is 10.1. The monoisotopic (exact) mass is 343 g/mol. The third kappa shape index (κ3) is 4.12. The minimum absolute atomic E-state index is 0.117. The number of halogens is 1. The minimum Gasteiger partial charge on any atom is -0.377 e. The van der Waals surface area contributed by atoms with Crippen molar-refractivity contribution >= 4 is 17.3 Å². The Morgan fingerprint density at radius 3 is 2.52 bits per heavy atom. The molecule has 130 valence electrons. The Bertz CT molecular complexity index is 804. The average Bonchev–Trinajstić information content (AvgIpc) is 3.39. The predicted octanol–water partition coefficient (Wildman–Crippen LogP) is 3.80. The van der Waals surface area contributed by atoms with E-state index < -0.39 is 10.8 Å². The molecule has 2 aromatic carbocycles. The van der Waals surface area contributed by atoms with Crippen LogP contribution >= 0.6 is 0 Å². The summed E-state index contributed by atoms with van der Waals surface area (Å²) in [5, 5.41) is 17.1. The van der Waals surface area contributed by atoms with E-state index in [1.807, 2.05) is 0 Å². The number of carbonyl (C=O) groups is 1. The summed E-state index contributed by atoms with van der Waals surface area (Å²) < 4.78 is 13.0. The zero-order chi connectivity index (χ0) is 18.0. The van der Waals surface area contributed by atoms with Crippen molar-refractivity contribution in [1.82, 2.24) is 5.32 Å². The third-order valence-corrected chi connectivity index (χ3v) is 4.11. The predicted molar refractivity (Wildman–Crippen MR) is 92.0 cm³/mol. The largest absolute Gasteiger partial charge is 0.377 e. The van der Waals surface area contributed by atoms with Crippen LogP contribution in [0.4, 0.5) is 15.8 Å². The number of hydrogen-bond donors (Lipinski definition) is 2. The van der Waals surface area contributed by atoms with Gasteiger partial charge in [-0.05, 0) is 49.6 Å². The fourth-order valence-electron chi connectivity index (χ4n) is 2.51. The summed E-state index contributed by atoms with van der Waals surface area (Å²) in [6.45, 7) is 1.77. The van der Waals surface area contributed by atoms with Crippen molar-refractivity contribution < 1.29 is 14.1 Å². The number of nitrogens with zero attached hydrogens (tertiary/aromatic N) is 1. The Hall–Kier alpha value is -2.96. The van der Waals surface area contributed by atoms with Gasteiger partial charge in [-0.2, -0.15) is 0 Å². The standard InChI is InChI=1S/C18H18FN3O3/c1-11(12-2-5-14(19)6-3-12)20-18(23)13-4-9-16(21-15-7-8-15)17(10-13)22(24)25/h2-6,9-11,15,21H,7-8H2,1H3,(H,20,23)/t11-/m1/s1. The van der Waals surface area contributed by atoms with Gasteiger partial charge in [-0.25, -0.2) is 4.39 Å². The van der Waals surface area contributed by atoms with Crippen molar-refractivity contribution in [3.63, 3.8) is 0 Å². The molecule has 0 spiro atoms. The van der Waals surface area contributed by atoms with Crippen LogP contribution in [0.5, 0.6) is 0 Å². The molecule has 1 atom stereocenters. The first-order chi connectivity index (χ1) is 11.9. The number of nitro groups is 1. The van der Waals surface area contributed by atoms with E-state index in [2.05, 4.69) is 10.6 Å². The van der Waals surface area contributed by atoms with Gasteiger partial charge in [0.25, 0.3) is 11.6 Å². The highest BCUT2D eigenvalue weighted by Crippen LogP contribution is 2.31. The molecule has 1 amide bonds. The van der Waals surface area contributed by atoms with Crippen LogP contribution < -0.4 is 10.6 Å². The molecule has 2 N–H and O–H groups in total. The van der Waals surface area contributed by atoms with E-state index in [4.69, 9.17) is 0 Å². The highest BCUT2D eigenvalue weighted by atomic mass is 19.1. The van der Waals surface area contributed by atoms with Gasteiger partial charge >= 0.3 is 0 Å². The number of anilines is 1. The molecule has 0 heterocycles. The van der Waals surface area contributed by atoms with Crippen LogP contribution in [-0.4, -0.2) is 16.9 Å². The van der Waals surface area contributed by atoms with E-state index in [-0.39, 0.29) is 29.2 Å². The van der Waals surface area contributed by atoms with Gasteiger partial charge in [-0.1, -0.05) is 12.1 Å². The molecule has 25 heavy (non-hydrogen) atoms. The second kappa shape index (κ2) is 6.88. The maximum absolute atomic E-state index is 13.0. The van der Waals surface area contributed by atoms with Crippen LogP contribution in [0.15, 0.2) is 42.5 Å². The van der Waals surface area contributed by atoms with Gasteiger partial charge < -0.3 is 10.6 Å². The lowest BCUT2D eigenvalue weighted by Crippen LogP contribution is -2.26. The maximum Gasteiger partial charge on any atom is 0.293 e. The molecule has 6 nitrogen and oxygen atoms in total. The fourth-order valence-corrected chi connectivity index (χ4v) is 2.51. The lowest BCUT2D eigenvalue weighted by atomic mass is 10.1. The van der Waals surface area contributed by atoms with Crippen LogP contribution in [0.1, 0.15) is 41.7 Å². The molecular weight excluding hydrogens is 325 g/mol. The molecular formula is C18H18FN3O3. The molecule has 1 fully saturated rings. The lowest BCUT2D eigenvalue weighted by Gasteiger charge is -2.15. The molecule has 1 saturated carbocycles. The van der Waals surface area contributed by atoms with Gasteiger partial charge in [-0.3, -0.25) is 14.9 Å². The minimum atomic E-state index is -0.495. The zero-order valence-corrected chi connectivity index (χ0v) is 13.7. The molecule has 1 aliphatic rings. The number of hydrogen-bond acceptors (Lipinski definition) is 4. The quantitative estimate of drug-likeness (QED) is 0.617. The first-order valence-electron chi connectivity index (χ1n) is 8.05. The summed E-state index contributed by atoms with van der Waals surface area (Å²) in [4.78, 5) is 23.2. The molecule has 0 aromatic heterocycles. The summed E-state index contributed by atoms with van der Waals surface area (Å²) >= 11 is 0. The van der Waals surface area contributed by atoms with Crippen molar-refractivity contribution in [3.05, 3.63) is 69.5 Å². The van der Waals surface area contributed by atoms with Crippen molar-refractivity contribution in [2.24, 2.45) is 0 Å². The van der Waals surface area contributed by atoms with Gasteiger partial charge in [-0.15, -0.1) is 0 Å². The van der Waals surface area contributed by atoms with E-state index in [0.717, 1.165) is 18.4 Å². The van der Waals surface area contributed by atoms with Crippen LogP contribution in [0.2, 0.25) is 0 Å². The van der Waals surface area contributed by atoms with Gasteiger partial charge in [0.15, 0.2) is 0 Å². The number of carbonyl (C=O) groups excluding carboxylic acids is 1. The SMILES string of the molecule is C[C@@H](NC(=O)c1ccc(NC2CC2)c([N+](=O)[O-])c1)c1ccc(F)cc1. The first kappa shape index (κ1) is 16.9. The first-order valence-corrected chi connectivity index (χ1v) is 8.05. The Balaban J connectivity index is 1.75. The fraction of sp³-hybridized carbons (Fsp3) is 0.278. The number of amides is 1. The van der Waals surface area contributed by atoms with Crippen molar-refractivity contribution in [2.75, 3.05) is 5.32 Å². The molecule has 0 radical (unpaired) electrons. The number of rotatable bonds is 6. The number of benzene rings is 2. The van der Waals surface area contributed by atoms with Crippen molar-refractivity contribution in [3.8, 4) is 0 Å². The molecule has 3 rings (SSSR count). The molecule has 0 saturated heterocycles. The Morgan fingerprint density at radius 2 is 1.92 bits per heavy atom. The normalized spacial score (nSPS) is 14.6. The van der Waals surface area contributed by atoms with Crippen LogP contribution in [0, 0.1) is 15.9 Å². The Morgan fingerprint density at radius 1 is 1.24 bits per heavy atom. The van der Waals surface area contributed by atoms with E-state index in [1.165, 1.54) is 18.2 Å². The Labute approximate surface area is 144 Å². The number of nitro benzene ring substituents is 1. The summed E-state index contributed by atoms with van der Waals surface area (Å²) in [5.41, 5.74) is 1.27. The van der Waals surface area contributed by atoms with Crippen LogP contribution in [0.25, 0.3) is 0 Å². The van der Waals surface area contributed by atoms with E-state index in [0.29, 0.717) is 5.69 Å². The van der Waals surface area contributed by atoms with Gasteiger partial charge in [0, 0.05) is 17.7 Å². The summed E-state index contributed by atoms with van der Waals surface area (Å²) in [7, 11) is 0. The highest BCUT2D eigenvalue weighted by Gasteiger charge is 2.25. The summed E-state index contributed by atoms with van der Waals surface area (Å²) in [6.07, 6.45) is 1.99. The van der Waals surface area contributed by atoms with Gasteiger partial charge in [0.05, 0.1) is 11.0 Å². The zero-order valence-electron chi connectivity index (χ0n) is 13.7. The lowest BCUT2D eigenvalue weighted by molar-refractivity contribution is -0.384. The van der Waals surface area contributed by atoms with Gasteiger partial charge in [0.2, 0.25) is 0 Å². The van der Waals surface area contributed by atoms with Crippen molar-refractivity contribution in [2.45, 2.75) is 31.8 Å². The highest BCUT2D eigenvalue weighted by molar-refractivity contribution is 5.96. The molecule has 1 aliphatic carbocycles. The van der Waals surface area contributed by atoms with E-state index >= 15 is 0 Å². The van der Waals surface area contributed by atoms with E-state index in [1.54, 1.807) is 31.2 Å². The topological polar surface area (TPSA) is 84.3 Å². The molecule has 2 aromatic rings. The van der Waals surface area contributed by atoms with Crippen LogP contribution in [0.3, 0.4) is 0 Å². The molecule has 0 unspecified atom stereocenters. The van der Waals surface area contributed by atoms with Crippen molar-refractivity contribution in [1.29, 1.82) is 0 Å². The Kier molecular flexibility index (Phi) is 4.65. The average molecular weight is 343 g/mol. The molecule has 0 bridgehead atoms. The number of nitrogens with one attached hydrogen (secondary N) is 2. The van der Waals surface area contributed by atoms with Gasteiger partial charge in [0.1, 0.15) is 11.5 Å². The maximum atomic E-state index is 13.0. The second-order valence-corrected chi connectivity index (χ2v) is 6.15. The second-order valence-electron chi connectivity index (χ2n) is 6.15. The van der Waals surface area contributed by atoms with E-state index in [9.17, 15) is 19.3 Å². The van der Waals surface area contributed by atoms with Crippen LogP contribution in [-0.2, 0) is 0 Å². The molecule has 0 aliphatic heterocycles. The summed E-state index contributed by atoms with van der Waals surface area (Å²) in [5.74, 6) is -0.769. The molecule has 7 heteroatoms. The third-order valence-electron chi connectivity index (χ3n) is 4.11. The smallest absolute Gasteiger partial charge is 0.293 e.